The Morgan fingerprint density at radius 1 is 1.03 bits per heavy atom. The summed E-state index contributed by atoms with van der Waals surface area (Å²) in [5, 5.41) is 58.7. The monoisotopic (exact) mass is 418 g/mol. The van der Waals surface area contributed by atoms with Crippen molar-refractivity contribution in [3.63, 3.8) is 0 Å². The predicted molar refractivity (Wildman–Crippen MR) is 105 cm³/mol. The summed E-state index contributed by atoms with van der Waals surface area (Å²) in [5.41, 5.74) is 0.586. The Kier molecular flexibility index (Phi) is 6.70. The molecule has 0 unspecified atom stereocenters. The standard InChI is InChI=1S/C21H22O9/c22-10-15-17(24)18(25)19(26)21(30-15)29-13-8-12(16(20(27)28)14(23)9-13)7-6-11-4-2-1-3-5-11/h1-9,15,17-19,21-26H,10H2,(H,27,28)/t15-,17+,18+,19+,21+/m0/s1. The van der Waals surface area contributed by atoms with E-state index in [1.54, 1.807) is 6.08 Å². The van der Waals surface area contributed by atoms with Crippen molar-refractivity contribution in [2.45, 2.75) is 30.7 Å². The molecular formula is C21H22O9. The SMILES string of the molecule is O=C(O)c1c(O)cc(O[C@@H]2O[C@@H](CO)[C@@H](O)[C@@H](O)[C@H]2O)cc1C=Cc1ccccc1. The summed E-state index contributed by atoms with van der Waals surface area (Å²) in [6.45, 7) is -0.626. The number of benzene rings is 2. The zero-order valence-electron chi connectivity index (χ0n) is 15.7. The van der Waals surface area contributed by atoms with Crippen LogP contribution in [0.15, 0.2) is 42.5 Å². The molecule has 1 aliphatic heterocycles. The van der Waals surface area contributed by atoms with Crippen LogP contribution in [0.1, 0.15) is 21.5 Å². The first-order valence-corrected chi connectivity index (χ1v) is 9.12. The Balaban J connectivity index is 1.91. The number of rotatable bonds is 6. The molecule has 9 nitrogen and oxygen atoms in total. The zero-order chi connectivity index (χ0) is 21.8. The third-order valence-corrected chi connectivity index (χ3v) is 4.69. The number of aliphatic hydroxyl groups excluding tert-OH is 4. The molecule has 160 valence electrons. The van der Waals surface area contributed by atoms with Crippen LogP contribution in [0.3, 0.4) is 0 Å². The summed E-state index contributed by atoms with van der Waals surface area (Å²) in [6.07, 6.45) is -4.33. The van der Waals surface area contributed by atoms with Crippen LogP contribution in [0.4, 0.5) is 0 Å². The highest BCUT2D eigenvalue weighted by atomic mass is 16.7. The van der Waals surface area contributed by atoms with Gasteiger partial charge in [0, 0.05) is 6.07 Å². The fraction of sp³-hybridized carbons (Fsp3) is 0.286. The Morgan fingerprint density at radius 2 is 1.73 bits per heavy atom. The van der Waals surface area contributed by atoms with Crippen LogP contribution in [0.2, 0.25) is 0 Å². The van der Waals surface area contributed by atoms with Gasteiger partial charge in [-0.15, -0.1) is 0 Å². The van der Waals surface area contributed by atoms with Gasteiger partial charge in [0.1, 0.15) is 41.5 Å². The minimum Gasteiger partial charge on any atom is -0.507 e. The largest absolute Gasteiger partial charge is 0.507 e. The van der Waals surface area contributed by atoms with Crippen molar-refractivity contribution >= 4 is 18.1 Å². The van der Waals surface area contributed by atoms with Crippen molar-refractivity contribution in [2.24, 2.45) is 0 Å². The van der Waals surface area contributed by atoms with E-state index in [0.717, 1.165) is 11.6 Å². The van der Waals surface area contributed by atoms with Crippen LogP contribution in [0, 0.1) is 0 Å². The second kappa shape index (κ2) is 9.24. The fourth-order valence-corrected chi connectivity index (χ4v) is 3.10. The maximum atomic E-state index is 11.6. The molecule has 1 fully saturated rings. The first-order chi connectivity index (χ1) is 14.3. The summed E-state index contributed by atoms with van der Waals surface area (Å²) in [6, 6.07) is 11.4. The van der Waals surface area contributed by atoms with Gasteiger partial charge in [0.15, 0.2) is 0 Å². The molecule has 6 N–H and O–H groups in total. The smallest absolute Gasteiger partial charge is 0.340 e. The highest BCUT2D eigenvalue weighted by Crippen LogP contribution is 2.32. The highest BCUT2D eigenvalue weighted by molar-refractivity contribution is 5.96. The number of carboxylic acids is 1. The summed E-state index contributed by atoms with van der Waals surface area (Å²) in [7, 11) is 0. The molecule has 1 heterocycles. The fourth-order valence-electron chi connectivity index (χ4n) is 3.10. The quantitative estimate of drug-likeness (QED) is 0.366. The second-order valence-corrected chi connectivity index (χ2v) is 6.77. The molecule has 1 aliphatic rings. The van der Waals surface area contributed by atoms with Gasteiger partial charge in [0.05, 0.1) is 6.61 Å². The molecule has 0 spiro atoms. The second-order valence-electron chi connectivity index (χ2n) is 6.77. The molecular weight excluding hydrogens is 396 g/mol. The van der Waals surface area contributed by atoms with E-state index in [-0.39, 0.29) is 16.9 Å². The number of carboxylic acid groups (broad SMARTS) is 1. The molecule has 0 aliphatic carbocycles. The van der Waals surface area contributed by atoms with Crippen LogP contribution in [0.25, 0.3) is 12.2 Å². The molecule has 2 aromatic carbocycles. The van der Waals surface area contributed by atoms with E-state index < -0.39 is 49.0 Å². The van der Waals surface area contributed by atoms with Gasteiger partial charge in [-0.05, 0) is 17.2 Å². The van der Waals surface area contributed by atoms with E-state index in [9.17, 15) is 35.4 Å². The normalized spacial score (nSPS) is 26.6. The summed E-state index contributed by atoms with van der Waals surface area (Å²) in [5.74, 6) is -1.97. The van der Waals surface area contributed by atoms with E-state index in [4.69, 9.17) is 9.47 Å². The van der Waals surface area contributed by atoms with Gasteiger partial charge in [0.25, 0.3) is 0 Å². The number of aliphatic hydroxyl groups is 4. The van der Waals surface area contributed by atoms with Gasteiger partial charge >= 0.3 is 5.97 Å². The Labute approximate surface area is 171 Å². The average Bonchev–Trinajstić information content (AvgIpc) is 2.72. The van der Waals surface area contributed by atoms with Gasteiger partial charge in [0.2, 0.25) is 6.29 Å². The first kappa shape index (κ1) is 21.8. The molecule has 30 heavy (non-hydrogen) atoms. The lowest BCUT2D eigenvalue weighted by atomic mass is 9.99. The molecule has 0 aromatic heterocycles. The number of hydrogen-bond acceptors (Lipinski definition) is 8. The Hall–Kier alpha value is -2.95. The highest BCUT2D eigenvalue weighted by Gasteiger charge is 2.44. The topological polar surface area (TPSA) is 157 Å². The molecule has 0 radical (unpaired) electrons. The van der Waals surface area contributed by atoms with Gasteiger partial charge in [-0.25, -0.2) is 4.79 Å². The maximum absolute atomic E-state index is 11.6. The van der Waals surface area contributed by atoms with Crippen LogP contribution in [-0.2, 0) is 4.74 Å². The molecule has 2 aromatic rings. The van der Waals surface area contributed by atoms with Crippen molar-refractivity contribution in [3.8, 4) is 11.5 Å². The van der Waals surface area contributed by atoms with Crippen molar-refractivity contribution in [1.29, 1.82) is 0 Å². The average molecular weight is 418 g/mol. The lowest BCUT2D eigenvalue weighted by molar-refractivity contribution is -0.277. The maximum Gasteiger partial charge on any atom is 0.340 e. The van der Waals surface area contributed by atoms with Crippen molar-refractivity contribution < 1.29 is 44.9 Å². The van der Waals surface area contributed by atoms with Crippen molar-refractivity contribution in [1.82, 2.24) is 0 Å². The first-order valence-electron chi connectivity index (χ1n) is 9.12. The Bertz CT molecular complexity index is 910. The number of carbonyl (C=O) groups is 1. The number of ether oxygens (including phenoxy) is 2. The third-order valence-electron chi connectivity index (χ3n) is 4.69. The molecule has 5 atom stereocenters. The Morgan fingerprint density at radius 3 is 2.37 bits per heavy atom. The number of aromatic carboxylic acids is 1. The van der Waals surface area contributed by atoms with Crippen LogP contribution in [-0.4, -0.2) is 73.9 Å². The van der Waals surface area contributed by atoms with Gasteiger partial charge in [-0.3, -0.25) is 0 Å². The van der Waals surface area contributed by atoms with Crippen molar-refractivity contribution in [3.05, 3.63) is 59.2 Å². The molecule has 9 heteroatoms. The van der Waals surface area contributed by atoms with E-state index in [2.05, 4.69) is 0 Å². The van der Waals surface area contributed by atoms with E-state index in [1.807, 2.05) is 30.3 Å². The van der Waals surface area contributed by atoms with Crippen LogP contribution in [0.5, 0.6) is 11.5 Å². The molecule has 0 bridgehead atoms. The number of aromatic hydroxyl groups is 1. The van der Waals surface area contributed by atoms with E-state index in [0.29, 0.717) is 0 Å². The van der Waals surface area contributed by atoms with Gasteiger partial charge in [-0.1, -0.05) is 42.5 Å². The van der Waals surface area contributed by atoms with Gasteiger partial charge in [-0.2, -0.15) is 0 Å². The van der Waals surface area contributed by atoms with E-state index in [1.165, 1.54) is 12.1 Å². The molecule has 3 rings (SSSR count). The van der Waals surface area contributed by atoms with Crippen LogP contribution >= 0.6 is 0 Å². The zero-order valence-corrected chi connectivity index (χ0v) is 15.7. The van der Waals surface area contributed by atoms with Gasteiger partial charge < -0.3 is 40.1 Å². The number of hydrogen-bond donors (Lipinski definition) is 6. The molecule has 1 saturated heterocycles. The molecule has 0 amide bonds. The predicted octanol–water partition coefficient (Wildman–Crippen LogP) is 0.439. The minimum atomic E-state index is -1.65. The summed E-state index contributed by atoms with van der Waals surface area (Å²) in [4.78, 5) is 11.6. The lowest BCUT2D eigenvalue weighted by Crippen LogP contribution is -2.60. The van der Waals surface area contributed by atoms with Crippen LogP contribution < -0.4 is 4.74 Å². The minimum absolute atomic E-state index is 0.0467. The number of phenols is 1. The van der Waals surface area contributed by atoms with E-state index >= 15 is 0 Å². The molecule has 0 saturated carbocycles. The summed E-state index contributed by atoms with van der Waals surface area (Å²) >= 11 is 0. The lowest BCUT2D eigenvalue weighted by Gasteiger charge is -2.39. The van der Waals surface area contributed by atoms with Crippen molar-refractivity contribution in [2.75, 3.05) is 6.61 Å². The summed E-state index contributed by atoms with van der Waals surface area (Å²) < 4.78 is 10.8. The third kappa shape index (κ3) is 4.61.